The molecule has 1 N–H and O–H groups in total. The second kappa shape index (κ2) is 8.44. The largest absolute Gasteiger partial charge is 0.464 e. The van der Waals surface area contributed by atoms with Crippen LogP contribution in [0.2, 0.25) is 0 Å². The summed E-state index contributed by atoms with van der Waals surface area (Å²) < 4.78 is 10.6. The minimum absolute atomic E-state index is 0.0478. The maximum Gasteiger partial charge on any atom is 0.310 e. The third-order valence-electron chi connectivity index (χ3n) is 5.74. The zero-order chi connectivity index (χ0) is 23.8. The number of hydrogen-bond acceptors (Lipinski definition) is 6. The zero-order valence-electron chi connectivity index (χ0n) is 18.2. The molecule has 0 radical (unpaired) electrons. The van der Waals surface area contributed by atoms with Gasteiger partial charge in [0.15, 0.2) is 18.2 Å². The Bertz CT molecular complexity index is 1500. The Morgan fingerprint density at radius 1 is 0.912 bits per heavy atom. The Hall–Kier alpha value is -4.52. The van der Waals surface area contributed by atoms with Crippen molar-refractivity contribution in [2.45, 2.75) is 13.3 Å². The van der Waals surface area contributed by atoms with E-state index in [9.17, 15) is 19.2 Å². The highest BCUT2D eigenvalue weighted by Crippen LogP contribution is 2.32. The Labute approximate surface area is 194 Å². The quantitative estimate of drug-likeness (QED) is 0.399. The van der Waals surface area contributed by atoms with Crippen molar-refractivity contribution >= 4 is 40.1 Å². The fourth-order valence-electron chi connectivity index (χ4n) is 4.12. The van der Waals surface area contributed by atoms with Crippen molar-refractivity contribution in [1.82, 2.24) is 0 Å². The first-order valence-electron chi connectivity index (χ1n) is 10.7. The molecule has 1 heterocycles. The van der Waals surface area contributed by atoms with Gasteiger partial charge in [0.25, 0.3) is 5.91 Å². The normalized spacial score (nSPS) is 12.3. The fraction of sp³-hybridized carbons (Fsp3) is 0.111. The number of anilines is 1. The Balaban J connectivity index is 1.27. The van der Waals surface area contributed by atoms with Crippen LogP contribution in [0.3, 0.4) is 0 Å². The summed E-state index contributed by atoms with van der Waals surface area (Å²) >= 11 is 0. The molecule has 7 heteroatoms. The average Bonchev–Trinajstić information content (AvgIpc) is 3.22. The van der Waals surface area contributed by atoms with Crippen molar-refractivity contribution in [3.05, 3.63) is 100 Å². The highest BCUT2D eigenvalue weighted by Gasteiger charge is 2.31. The van der Waals surface area contributed by atoms with Crippen LogP contribution in [-0.4, -0.2) is 30.0 Å². The van der Waals surface area contributed by atoms with Crippen molar-refractivity contribution in [2.24, 2.45) is 0 Å². The van der Waals surface area contributed by atoms with Crippen LogP contribution in [0.15, 0.2) is 71.3 Å². The van der Waals surface area contributed by atoms with Crippen molar-refractivity contribution in [3.8, 4) is 0 Å². The molecule has 0 fully saturated rings. The molecule has 1 aliphatic rings. The monoisotopic (exact) mass is 453 g/mol. The first-order valence-corrected chi connectivity index (χ1v) is 10.7. The van der Waals surface area contributed by atoms with Crippen LogP contribution in [0.5, 0.6) is 0 Å². The van der Waals surface area contributed by atoms with Gasteiger partial charge in [0.2, 0.25) is 0 Å². The number of benzene rings is 3. The number of rotatable bonds is 5. The van der Waals surface area contributed by atoms with Crippen LogP contribution >= 0.6 is 0 Å². The molecule has 1 aromatic heterocycles. The van der Waals surface area contributed by atoms with Gasteiger partial charge in [-0.15, -0.1) is 0 Å². The number of ether oxygens (including phenoxy) is 1. The average molecular weight is 453 g/mol. The van der Waals surface area contributed by atoms with Gasteiger partial charge in [0, 0.05) is 27.6 Å². The van der Waals surface area contributed by atoms with Gasteiger partial charge in [0.05, 0.1) is 23.9 Å². The number of ketones is 2. The first-order chi connectivity index (χ1) is 16.4. The Kier molecular flexibility index (Phi) is 5.30. The lowest BCUT2D eigenvalue weighted by molar-refractivity contribution is -0.146. The highest BCUT2D eigenvalue weighted by atomic mass is 16.5. The molecule has 168 valence electrons. The molecule has 0 unspecified atom stereocenters. The molecule has 3 aromatic carbocycles. The summed E-state index contributed by atoms with van der Waals surface area (Å²) in [6.45, 7) is 1.41. The van der Waals surface area contributed by atoms with E-state index < -0.39 is 18.5 Å². The summed E-state index contributed by atoms with van der Waals surface area (Å²) in [5, 5.41) is 3.41. The number of carbonyl (C=O) groups excluding carboxylic acids is 4. The van der Waals surface area contributed by atoms with E-state index in [1.807, 2.05) is 25.1 Å². The van der Waals surface area contributed by atoms with Crippen molar-refractivity contribution in [3.63, 3.8) is 0 Å². The topological polar surface area (TPSA) is 103 Å². The van der Waals surface area contributed by atoms with E-state index in [1.54, 1.807) is 36.4 Å². The molecule has 4 aromatic rings. The maximum atomic E-state index is 13.0. The van der Waals surface area contributed by atoms with Crippen LogP contribution < -0.4 is 5.32 Å². The van der Waals surface area contributed by atoms with Gasteiger partial charge < -0.3 is 14.5 Å². The van der Waals surface area contributed by atoms with E-state index in [-0.39, 0.29) is 40.4 Å². The predicted octanol–water partition coefficient (Wildman–Crippen LogP) is 4.24. The second-order valence-electron chi connectivity index (χ2n) is 8.08. The standard InChI is InChI=1S/C27H19NO6/c1-15-9-10-17-16(13-33-22(17)11-15)12-24(30)34-14-23(29)28-21-8-4-7-20-25(21)27(32)19-6-3-2-5-18(19)26(20)31/h2-11,13H,12,14H2,1H3,(H,28,29). The molecule has 0 bridgehead atoms. The highest BCUT2D eigenvalue weighted by molar-refractivity contribution is 6.30. The third-order valence-corrected chi connectivity index (χ3v) is 5.74. The van der Waals surface area contributed by atoms with Gasteiger partial charge in [-0.2, -0.15) is 0 Å². The summed E-state index contributed by atoms with van der Waals surface area (Å²) in [5.41, 5.74) is 3.55. The molecule has 0 aliphatic heterocycles. The number of nitrogens with one attached hydrogen (secondary N) is 1. The van der Waals surface area contributed by atoms with E-state index in [0.29, 0.717) is 16.7 Å². The maximum absolute atomic E-state index is 13.0. The zero-order valence-corrected chi connectivity index (χ0v) is 18.2. The molecule has 0 saturated carbocycles. The lowest BCUT2D eigenvalue weighted by atomic mass is 9.83. The number of furan rings is 1. The number of amides is 1. The van der Waals surface area contributed by atoms with E-state index in [1.165, 1.54) is 12.3 Å². The molecule has 7 nitrogen and oxygen atoms in total. The molecular weight excluding hydrogens is 434 g/mol. The van der Waals surface area contributed by atoms with E-state index in [0.717, 1.165) is 10.9 Å². The van der Waals surface area contributed by atoms with Crippen molar-refractivity contribution in [1.29, 1.82) is 0 Å². The summed E-state index contributed by atoms with van der Waals surface area (Å²) in [6.07, 6.45) is 1.45. The molecule has 1 aliphatic carbocycles. The minimum Gasteiger partial charge on any atom is -0.464 e. The van der Waals surface area contributed by atoms with Gasteiger partial charge in [-0.05, 0) is 24.6 Å². The fourth-order valence-corrected chi connectivity index (χ4v) is 4.12. The number of carbonyl (C=O) groups is 4. The van der Waals surface area contributed by atoms with Gasteiger partial charge in [0.1, 0.15) is 5.58 Å². The number of esters is 1. The lowest BCUT2D eigenvalue weighted by Crippen LogP contribution is -2.26. The number of hydrogen-bond donors (Lipinski definition) is 1. The minimum atomic E-state index is -0.617. The second-order valence-corrected chi connectivity index (χ2v) is 8.08. The van der Waals surface area contributed by atoms with Gasteiger partial charge in [-0.1, -0.05) is 48.5 Å². The van der Waals surface area contributed by atoms with Crippen LogP contribution in [0.25, 0.3) is 11.0 Å². The van der Waals surface area contributed by atoms with Gasteiger partial charge in [-0.25, -0.2) is 0 Å². The summed E-state index contributed by atoms with van der Waals surface area (Å²) in [6, 6.07) is 16.9. The molecule has 0 spiro atoms. The smallest absolute Gasteiger partial charge is 0.310 e. The number of fused-ring (bicyclic) bond motifs is 3. The molecule has 0 saturated heterocycles. The molecule has 0 atom stereocenters. The lowest BCUT2D eigenvalue weighted by Gasteiger charge is -2.20. The number of aryl methyl sites for hydroxylation is 1. The van der Waals surface area contributed by atoms with E-state index >= 15 is 0 Å². The van der Waals surface area contributed by atoms with Crippen LogP contribution in [0, 0.1) is 6.92 Å². The predicted molar refractivity (Wildman–Crippen MR) is 124 cm³/mol. The molecule has 34 heavy (non-hydrogen) atoms. The third kappa shape index (κ3) is 3.77. The Morgan fingerprint density at radius 3 is 2.44 bits per heavy atom. The van der Waals surface area contributed by atoms with Crippen molar-refractivity contribution < 1.29 is 28.3 Å². The van der Waals surface area contributed by atoms with Crippen molar-refractivity contribution in [2.75, 3.05) is 11.9 Å². The molecule has 5 rings (SSSR count). The van der Waals surface area contributed by atoms with E-state index in [4.69, 9.17) is 9.15 Å². The Morgan fingerprint density at radius 2 is 1.65 bits per heavy atom. The summed E-state index contributed by atoms with van der Waals surface area (Å²) in [7, 11) is 0. The molecule has 1 amide bonds. The van der Waals surface area contributed by atoms with Gasteiger partial charge >= 0.3 is 5.97 Å². The summed E-state index contributed by atoms with van der Waals surface area (Å²) in [4.78, 5) is 50.6. The van der Waals surface area contributed by atoms with E-state index in [2.05, 4.69) is 5.32 Å². The first kappa shape index (κ1) is 21.3. The van der Waals surface area contributed by atoms with Gasteiger partial charge in [-0.3, -0.25) is 19.2 Å². The summed E-state index contributed by atoms with van der Waals surface area (Å²) in [5.74, 6) is -1.84. The van der Waals surface area contributed by atoms with Crippen LogP contribution in [-0.2, 0) is 20.7 Å². The SMILES string of the molecule is Cc1ccc2c(CC(=O)OCC(=O)Nc3cccc4c3C(=O)c3ccccc3C4=O)coc2c1. The van der Waals surface area contributed by atoms with Crippen LogP contribution in [0.4, 0.5) is 5.69 Å². The molecular formula is C27H19NO6. The van der Waals surface area contributed by atoms with Crippen LogP contribution in [0.1, 0.15) is 43.0 Å².